The van der Waals surface area contributed by atoms with Gasteiger partial charge in [-0.15, -0.1) is 11.8 Å². The van der Waals surface area contributed by atoms with Crippen LogP contribution in [0.15, 0.2) is 23.1 Å². The molecule has 0 atom stereocenters. The molecule has 20 heavy (non-hydrogen) atoms. The largest absolute Gasteiger partial charge is 0.396 e. The lowest BCUT2D eigenvalue weighted by Crippen LogP contribution is -2.44. The maximum Gasteiger partial charge on any atom is 0.251 e. The Morgan fingerprint density at radius 3 is 2.95 bits per heavy atom. The molecule has 0 saturated carbocycles. The van der Waals surface area contributed by atoms with Crippen molar-refractivity contribution < 1.29 is 14.7 Å². The molecule has 0 spiro atoms. The molecule has 0 saturated heterocycles. The number of aliphatic hydroxyl groups is 1. The van der Waals surface area contributed by atoms with Crippen molar-refractivity contribution in [3.8, 4) is 0 Å². The highest BCUT2D eigenvalue weighted by Gasteiger charge is 2.22. The number of amides is 2. The van der Waals surface area contributed by atoms with E-state index in [0.717, 1.165) is 4.90 Å². The molecule has 1 aromatic rings. The number of thioether (sulfide) groups is 1. The van der Waals surface area contributed by atoms with Gasteiger partial charge in [-0.1, -0.05) is 0 Å². The summed E-state index contributed by atoms with van der Waals surface area (Å²) in [5, 5.41) is 14.6. The molecule has 0 radical (unpaired) electrons. The van der Waals surface area contributed by atoms with Crippen LogP contribution in [-0.4, -0.2) is 34.8 Å². The van der Waals surface area contributed by atoms with Crippen molar-refractivity contribution in [2.75, 3.05) is 17.7 Å². The zero-order valence-corrected chi connectivity index (χ0v) is 12.3. The molecule has 2 rings (SSSR count). The third-order valence-corrected chi connectivity index (χ3v) is 4.14. The lowest BCUT2D eigenvalue weighted by atomic mass is 10.0. The van der Waals surface area contributed by atoms with E-state index in [0.29, 0.717) is 23.4 Å². The number of nitrogens with one attached hydrogen (secondary N) is 2. The van der Waals surface area contributed by atoms with Crippen LogP contribution in [0.5, 0.6) is 0 Å². The van der Waals surface area contributed by atoms with Crippen molar-refractivity contribution in [1.82, 2.24) is 5.32 Å². The highest BCUT2D eigenvalue weighted by molar-refractivity contribution is 8.00. The fourth-order valence-electron chi connectivity index (χ4n) is 1.95. The average molecular weight is 294 g/mol. The number of anilines is 1. The van der Waals surface area contributed by atoms with Crippen molar-refractivity contribution in [3.05, 3.63) is 23.8 Å². The van der Waals surface area contributed by atoms with Gasteiger partial charge in [0.1, 0.15) is 0 Å². The molecule has 3 N–H and O–H groups in total. The molecule has 0 bridgehead atoms. The second-order valence-electron chi connectivity index (χ2n) is 5.36. The molecule has 0 unspecified atom stereocenters. The Balaban J connectivity index is 2.15. The molecule has 0 aliphatic carbocycles. The van der Waals surface area contributed by atoms with Gasteiger partial charge in [0.05, 0.1) is 11.4 Å². The van der Waals surface area contributed by atoms with E-state index in [2.05, 4.69) is 10.6 Å². The van der Waals surface area contributed by atoms with Gasteiger partial charge in [-0.25, -0.2) is 0 Å². The summed E-state index contributed by atoms with van der Waals surface area (Å²) in [4.78, 5) is 24.5. The smallest absolute Gasteiger partial charge is 0.251 e. The fourth-order valence-corrected chi connectivity index (χ4v) is 2.73. The Morgan fingerprint density at radius 1 is 1.50 bits per heavy atom. The van der Waals surface area contributed by atoms with Crippen LogP contribution in [0, 0.1) is 0 Å². The summed E-state index contributed by atoms with van der Waals surface area (Å²) in [5.41, 5.74) is 0.705. The molecule has 108 valence electrons. The zero-order valence-electron chi connectivity index (χ0n) is 11.5. The predicted octanol–water partition coefficient (Wildman–Crippen LogP) is 1.62. The fraction of sp³-hybridized carbons (Fsp3) is 0.429. The lowest BCUT2D eigenvalue weighted by Gasteiger charge is -2.25. The number of hydrogen-bond acceptors (Lipinski definition) is 4. The van der Waals surface area contributed by atoms with Gasteiger partial charge in [0.25, 0.3) is 5.91 Å². The molecular formula is C14H18N2O3S. The van der Waals surface area contributed by atoms with Crippen molar-refractivity contribution >= 4 is 29.3 Å². The minimum atomic E-state index is -0.472. The Bertz CT molecular complexity index is 543. The Labute approximate surface area is 122 Å². The van der Waals surface area contributed by atoms with Crippen LogP contribution in [0.2, 0.25) is 0 Å². The van der Waals surface area contributed by atoms with E-state index in [9.17, 15) is 9.59 Å². The van der Waals surface area contributed by atoms with E-state index in [1.807, 2.05) is 19.9 Å². The quantitative estimate of drug-likeness (QED) is 0.788. The second-order valence-corrected chi connectivity index (χ2v) is 6.38. The normalized spacial score (nSPS) is 14.4. The number of rotatable bonds is 4. The summed E-state index contributed by atoms with van der Waals surface area (Å²) in [7, 11) is 0. The van der Waals surface area contributed by atoms with Crippen LogP contribution in [-0.2, 0) is 4.79 Å². The van der Waals surface area contributed by atoms with Crippen LogP contribution < -0.4 is 10.6 Å². The molecule has 1 aliphatic rings. The molecule has 1 heterocycles. The van der Waals surface area contributed by atoms with Crippen molar-refractivity contribution in [3.63, 3.8) is 0 Å². The summed E-state index contributed by atoms with van der Waals surface area (Å²) in [6.45, 7) is 3.73. The number of benzene rings is 1. The monoisotopic (exact) mass is 294 g/mol. The lowest BCUT2D eigenvalue weighted by molar-refractivity contribution is -0.113. The predicted molar refractivity (Wildman–Crippen MR) is 79.0 cm³/mol. The number of aliphatic hydroxyl groups excluding tert-OH is 1. The number of carbonyl (C=O) groups excluding carboxylic acids is 2. The maximum atomic E-state index is 12.2. The van der Waals surface area contributed by atoms with Gasteiger partial charge >= 0.3 is 0 Å². The average Bonchev–Trinajstić information content (AvgIpc) is 2.37. The van der Waals surface area contributed by atoms with Crippen LogP contribution in [0.25, 0.3) is 0 Å². The van der Waals surface area contributed by atoms with Crippen LogP contribution in [0.3, 0.4) is 0 Å². The van der Waals surface area contributed by atoms with Crippen molar-refractivity contribution in [1.29, 1.82) is 0 Å². The first-order valence-corrected chi connectivity index (χ1v) is 7.40. The first-order valence-electron chi connectivity index (χ1n) is 6.41. The Morgan fingerprint density at radius 2 is 2.25 bits per heavy atom. The molecular weight excluding hydrogens is 276 g/mol. The van der Waals surface area contributed by atoms with Gasteiger partial charge in [0.15, 0.2) is 0 Å². The molecule has 6 heteroatoms. The van der Waals surface area contributed by atoms with E-state index in [1.165, 1.54) is 11.8 Å². The standard InChI is InChI=1S/C14H18N2O3S/c1-14(2,5-6-17)16-13(19)9-3-4-11-10(7-9)15-12(18)8-20-11/h3-4,7,17H,5-6,8H2,1-2H3,(H,15,18)(H,16,19). The molecule has 1 aromatic carbocycles. The van der Waals surface area contributed by atoms with E-state index >= 15 is 0 Å². The molecule has 0 aromatic heterocycles. The van der Waals surface area contributed by atoms with E-state index in [-0.39, 0.29) is 18.4 Å². The first kappa shape index (κ1) is 14.9. The molecule has 5 nitrogen and oxygen atoms in total. The summed E-state index contributed by atoms with van der Waals surface area (Å²) < 4.78 is 0. The minimum absolute atomic E-state index is 0.0180. The summed E-state index contributed by atoms with van der Waals surface area (Å²) >= 11 is 1.46. The van der Waals surface area contributed by atoms with E-state index < -0.39 is 5.54 Å². The van der Waals surface area contributed by atoms with Crippen molar-refractivity contribution in [2.24, 2.45) is 0 Å². The maximum absolute atomic E-state index is 12.2. The van der Waals surface area contributed by atoms with Crippen LogP contribution >= 0.6 is 11.8 Å². The third kappa shape index (κ3) is 3.52. The minimum Gasteiger partial charge on any atom is -0.396 e. The molecule has 0 fully saturated rings. The topological polar surface area (TPSA) is 78.4 Å². The second kappa shape index (κ2) is 5.85. The Hall–Kier alpha value is -1.53. The van der Waals surface area contributed by atoms with Gasteiger partial charge in [0, 0.05) is 22.6 Å². The highest BCUT2D eigenvalue weighted by atomic mass is 32.2. The number of hydrogen-bond donors (Lipinski definition) is 3. The van der Waals surface area contributed by atoms with Crippen LogP contribution in [0.4, 0.5) is 5.69 Å². The van der Waals surface area contributed by atoms with Gasteiger partial charge in [0.2, 0.25) is 5.91 Å². The summed E-state index contributed by atoms with van der Waals surface area (Å²) in [5.74, 6) is 0.138. The third-order valence-electron chi connectivity index (χ3n) is 3.06. The van der Waals surface area contributed by atoms with Gasteiger partial charge in [-0.2, -0.15) is 0 Å². The highest BCUT2D eigenvalue weighted by Crippen LogP contribution is 2.32. The number of carbonyl (C=O) groups is 2. The first-order chi connectivity index (χ1) is 9.41. The summed E-state index contributed by atoms with van der Waals surface area (Å²) in [6.07, 6.45) is 0.482. The van der Waals surface area contributed by atoms with Crippen LogP contribution in [0.1, 0.15) is 30.6 Å². The van der Waals surface area contributed by atoms with E-state index in [4.69, 9.17) is 5.11 Å². The summed E-state index contributed by atoms with van der Waals surface area (Å²) in [6, 6.07) is 5.27. The van der Waals surface area contributed by atoms with Gasteiger partial charge in [-0.3, -0.25) is 9.59 Å². The Kier molecular flexibility index (Phi) is 4.35. The SMILES string of the molecule is CC(C)(CCO)NC(=O)c1ccc2c(c1)NC(=O)CS2. The molecule has 1 aliphatic heterocycles. The van der Waals surface area contributed by atoms with Gasteiger partial charge < -0.3 is 15.7 Å². The van der Waals surface area contributed by atoms with E-state index in [1.54, 1.807) is 12.1 Å². The molecule has 2 amide bonds. The van der Waals surface area contributed by atoms with Gasteiger partial charge in [-0.05, 0) is 38.5 Å². The zero-order chi connectivity index (χ0) is 14.8. The number of fused-ring (bicyclic) bond motifs is 1. The van der Waals surface area contributed by atoms with Crippen molar-refractivity contribution in [2.45, 2.75) is 30.7 Å².